The molecular weight excluding hydrogens is 278 g/mol. The number of fused-ring (bicyclic) bond motifs is 2. The lowest BCUT2D eigenvalue weighted by molar-refractivity contribution is -0.130. The highest BCUT2D eigenvalue weighted by molar-refractivity contribution is 5.86. The normalized spacial score (nSPS) is 22.7. The fraction of sp³-hybridized carbons (Fsp3) is 0.529. The van der Waals surface area contributed by atoms with Gasteiger partial charge in [0.05, 0.1) is 6.42 Å². The maximum atomic E-state index is 12.7. The fourth-order valence-electron chi connectivity index (χ4n) is 3.75. The van der Waals surface area contributed by atoms with Crippen LogP contribution >= 0.6 is 0 Å². The summed E-state index contributed by atoms with van der Waals surface area (Å²) in [7, 11) is 0. The Hall–Kier alpha value is -1.88. The van der Waals surface area contributed by atoms with Crippen molar-refractivity contribution in [2.24, 2.45) is 0 Å². The van der Waals surface area contributed by atoms with Gasteiger partial charge in [-0.05, 0) is 37.9 Å². The summed E-state index contributed by atoms with van der Waals surface area (Å²) in [4.78, 5) is 17.2. The molecule has 5 heteroatoms. The summed E-state index contributed by atoms with van der Waals surface area (Å²) in [6, 6.07) is 8.28. The van der Waals surface area contributed by atoms with E-state index >= 15 is 0 Å². The van der Waals surface area contributed by atoms with E-state index in [1.54, 1.807) is 0 Å². The zero-order valence-corrected chi connectivity index (χ0v) is 12.7. The van der Waals surface area contributed by atoms with E-state index in [4.69, 9.17) is 4.52 Å². The highest BCUT2D eigenvalue weighted by atomic mass is 16.5. The molecule has 5 nitrogen and oxygen atoms in total. The number of amides is 1. The number of nitrogens with zero attached hydrogens (tertiary/aromatic N) is 3. The van der Waals surface area contributed by atoms with Gasteiger partial charge >= 0.3 is 0 Å². The number of benzene rings is 1. The molecule has 1 aromatic heterocycles. The Labute approximate surface area is 129 Å². The van der Waals surface area contributed by atoms with Crippen molar-refractivity contribution >= 4 is 16.9 Å². The Balaban J connectivity index is 1.49. The van der Waals surface area contributed by atoms with Crippen molar-refractivity contribution in [1.29, 1.82) is 0 Å². The molecule has 2 aliphatic heterocycles. The SMILES string of the molecule is O=C(Cc1noc2ccccc12)N1CCCN2CCCC2C1. The molecule has 22 heavy (non-hydrogen) atoms. The van der Waals surface area contributed by atoms with Crippen molar-refractivity contribution in [1.82, 2.24) is 15.0 Å². The van der Waals surface area contributed by atoms with Gasteiger partial charge in [-0.3, -0.25) is 9.69 Å². The maximum absolute atomic E-state index is 12.7. The molecule has 116 valence electrons. The van der Waals surface area contributed by atoms with E-state index in [0.29, 0.717) is 12.5 Å². The molecule has 3 heterocycles. The van der Waals surface area contributed by atoms with Crippen LogP contribution in [-0.2, 0) is 11.2 Å². The third kappa shape index (κ3) is 2.50. The quantitative estimate of drug-likeness (QED) is 0.852. The summed E-state index contributed by atoms with van der Waals surface area (Å²) in [6.07, 6.45) is 3.89. The van der Waals surface area contributed by atoms with E-state index in [2.05, 4.69) is 10.1 Å². The van der Waals surface area contributed by atoms with E-state index in [9.17, 15) is 4.79 Å². The van der Waals surface area contributed by atoms with Crippen molar-refractivity contribution in [3.63, 3.8) is 0 Å². The third-order valence-corrected chi connectivity index (χ3v) is 4.93. The van der Waals surface area contributed by atoms with Gasteiger partial charge < -0.3 is 9.42 Å². The highest BCUT2D eigenvalue weighted by Gasteiger charge is 2.30. The number of hydrogen-bond acceptors (Lipinski definition) is 4. The first-order chi connectivity index (χ1) is 10.8. The summed E-state index contributed by atoms with van der Waals surface area (Å²) in [6.45, 7) is 4.05. The van der Waals surface area contributed by atoms with Gasteiger partial charge in [0, 0.05) is 31.1 Å². The Morgan fingerprint density at radius 3 is 3.05 bits per heavy atom. The van der Waals surface area contributed by atoms with Gasteiger partial charge in [0.2, 0.25) is 5.91 Å². The maximum Gasteiger partial charge on any atom is 0.228 e. The first-order valence-corrected chi connectivity index (χ1v) is 8.16. The first kappa shape index (κ1) is 13.8. The molecule has 2 fully saturated rings. The largest absolute Gasteiger partial charge is 0.356 e. The van der Waals surface area contributed by atoms with Crippen LogP contribution in [0.25, 0.3) is 11.0 Å². The van der Waals surface area contributed by atoms with Gasteiger partial charge in [-0.2, -0.15) is 0 Å². The summed E-state index contributed by atoms with van der Waals surface area (Å²) in [5.74, 6) is 0.174. The average molecular weight is 299 g/mol. The fourth-order valence-corrected chi connectivity index (χ4v) is 3.75. The van der Waals surface area contributed by atoms with Crippen molar-refractivity contribution < 1.29 is 9.32 Å². The van der Waals surface area contributed by atoms with Crippen LogP contribution in [0.2, 0.25) is 0 Å². The molecule has 2 aliphatic rings. The van der Waals surface area contributed by atoms with Crippen LogP contribution in [0.5, 0.6) is 0 Å². The van der Waals surface area contributed by atoms with Crippen LogP contribution in [0.1, 0.15) is 25.0 Å². The molecule has 0 saturated carbocycles. The number of rotatable bonds is 2. The minimum atomic E-state index is 0.174. The van der Waals surface area contributed by atoms with Gasteiger partial charge in [0.15, 0.2) is 5.58 Å². The molecule has 4 rings (SSSR count). The predicted molar refractivity (Wildman–Crippen MR) is 83.5 cm³/mol. The molecule has 2 aromatic rings. The van der Waals surface area contributed by atoms with Gasteiger partial charge in [-0.1, -0.05) is 17.3 Å². The van der Waals surface area contributed by atoms with Crippen LogP contribution in [-0.4, -0.2) is 53.1 Å². The smallest absolute Gasteiger partial charge is 0.228 e. The molecule has 0 spiro atoms. The van der Waals surface area contributed by atoms with E-state index in [-0.39, 0.29) is 5.91 Å². The third-order valence-electron chi connectivity index (χ3n) is 4.93. The predicted octanol–water partition coefficient (Wildman–Crippen LogP) is 2.07. The highest BCUT2D eigenvalue weighted by Crippen LogP contribution is 2.23. The number of para-hydroxylation sites is 1. The number of carbonyl (C=O) groups excluding carboxylic acids is 1. The molecule has 1 amide bonds. The van der Waals surface area contributed by atoms with E-state index < -0.39 is 0 Å². The lowest BCUT2D eigenvalue weighted by atomic mass is 10.1. The van der Waals surface area contributed by atoms with Crippen LogP contribution in [0.4, 0.5) is 0 Å². The Morgan fingerprint density at radius 2 is 2.09 bits per heavy atom. The zero-order chi connectivity index (χ0) is 14.9. The second kappa shape index (κ2) is 5.72. The topological polar surface area (TPSA) is 49.6 Å². The monoisotopic (exact) mass is 299 g/mol. The van der Waals surface area contributed by atoms with Gasteiger partial charge in [-0.25, -0.2) is 0 Å². The lowest BCUT2D eigenvalue weighted by Gasteiger charge is -2.25. The van der Waals surface area contributed by atoms with Gasteiger partial charge in [0.25, 0.3) is 0 Å². The molecule has 1 unspecified atom stereocenters. The lowest BCUT2D eigenvalue weighted by Crippen LogP contribution is -2.40. The Bertz CT molecular complexity index is 681. The molecule has 0 radical (unpaired) electrons. The summed E-state index contributed by atoms with van der Waals surface area (Å²) >= 11 is 0. The van der Waals surface area contributed by atoms with Crippen molar-refractivity contribution in [3.05, 3.63) is 30.0 Å². The Kier molecular flexibility index (Phi) is 3.58. The van der Waals surface area contributed by atoms with Gasteiger partial charge in [-0.15, -0.1) is 0 Å². The van der Waals surface area contributed by atoms with Crippen LogP contribution < -0.4 is 0 Å². The van der Waals surface area contributed by atoms with Crippen LogP contribution in [0, 0.1) is 0 Å². The molecule has 0 aliphatic carbocycles. The van der Waals surface area contributed by atoms with E-state index in [1.165, 1.54) is 19.4 Å². The van der Waals surface area contributed by atoms with Crippen LogP contribution in [0.15, 0.2) is 28.8 Å². The minimum absolute atomic E-state index is 0.174. The Morgan fingerprint density at radius 1 is 1.23 bits per heavy atom. The molecular formula is C17H21N3O2. The standard InChI is InChI=1S/C17H21N3O2/c21-17(11-15-14-6-1-2-7-16(14)22-18-15)20-10-4-9-19-8-3-5-13(19)12-20/h1-2,6-7,13H,3-5,8-12H2. The number of hydrogen-bond donors (Lipinski definition) is 0. The second-order valence-corrected chi connectivity index (χ2v) is 6.33. The average Bonchev–Trinajstić information content (AvgIpc) is 3.09. The zero-order valence-electron chi connectivity index (χ0n) is 12.7. The van der Waals surface area contributed by atoms with Crippen molar-refractivity contribution in [2.45, 2.75) is 31.7 Å². The first-order valence-electron chi connectivity index (χ1n) is 8.16. The van der Waals surface area contributed by atoms with E-state index in [0.717, 1.165) is 42.7 Å². The summed E-state index contributed by atoms with van der Waals surface area (Å²) in [5, 5.41) is 5.04. The number of carbonyl (C=O) groups is 1. The molecule has 1 atom stereocenters. The van der Waals surface area contributed by atoms with Gasteiger partial charge in [0.1, 0.15) is 5.69 Å². The van der Waals surface area contributed by atoms with E-state index in [1.807, 2.05) is 29.2 Å². The van der Waals surface area contributed by atoms with Crippen molar-refractivity contribution in [3.8, 4) is 0 Å². The summed E-state index contributed by atoms with van der Waals surface area (Å²) in [5.41, 5.74) is 1.51. The molecule has 0 bridgehead atoms. The molecule has 0 N–H and O–H groups in total. The molecule has 2 saturated heterocycles. The molecule has 1 aromatic carbocycles. The van der Waals surface area contributed by atoms with Crippen LogP contribution in [0.3, 0.4) is 0 Å². The second-order valence-electron chi connectivity index (χ2n) is 6.33. The minimum Gasteiger partial charge on any atom is -0.356 e. The number of aromatic nitrogens is 1. The summed E-state index contributed by atoms with van der Waals surface area (Å²) < 4.78 is 5.30. The van der Waals surface area contributed by atoms with Crippen molar-refractivity contribution in [2.75, 3.05) is 26.2 Å².